The van der Waals surface area contributed by atoms with Gasteiger partial charge in [-0.3, -0.25) is 4.79 Å². The Balaban J connectivity index is 1.94. The third-order valence-electron chi connectivity index (χ3n) is 3.41. The van der Waals surface area contributed by atoms with E-state index >= 15 is 0 Å². The summed E-state index contributed by atoms with van der Waals surface area (Å²) in [6.45, 7) is 0.863. The van der Waals surface area contributed by atoms with Gasteiger partial charge in [0.1, 0.15) is 0 Å². The van der Waals surface area contributed by atoms with Crippen molar-refractivity contribution in [2.24, 2.45) is 0 Å². The summed E-state index contributed by atoms with van der Waals surface area (Å²) in [4.78, 5) is 24.8. The molecule has 21 heavy (non-hydrogen) atoms. The summed E-state index contributed by atoms with van der Waals surface area (Å²) >= 11 is 0. The van der Waals surface area contributed by atoms with Crippen molar-refractivity contribution in [2.75, 3.05) is 16.8 Å². The topological polar surface area (TPSA) is 69.6 Å². The lowest BCUT2D eigenvalue weighted by Crippen LogP contribution is -2.37. The van der Waals surface area contributed by atoms with E-state index in [1.54, 1.807) is 12.1 Å². The first-order valence-corrected chi connectivity index (χ1v) is 6.59. The van der Waals surface area contributed by atoms with Crippen LogP contribution < -0.4 is 10.2 Å². The minimum absolute atomic E-state index is 0.138. The average Bonchev–Trinajstić information content (AvgIpc) is 2.47. The molecule has 1 amide bonds. The highest BCUT2D eigenvalue weighted by molar-refractivity contribution is 6.02. The van der Waals surface area contributed by atoms with Gasteiger partial charge in [-0.1, -0.05) is 30.3 Å². The van der Waals surface area contributed by atoms with Crippen molar-refractivity contribution in [3.63, 3.8) is 0 Å². The lowest BCUT2D eigenvalue weighted by atomic mass is 10.1. The van der Waals surface area contributed by atoms with Crippen LogP contribution in [0.1, 0.15) is 15.9 Å². The maximum Gasteiger partial charge on any atom is 0.335 e. The van der Waals surface area contributed by atoms with Crippen LogP contribution >= 0.6 is 0 Å². The van der Waals surface area contributed by atoms with Crippen molar-refractivity contribution in [3.05, 3.63) is 59.7 Å². The lowest BCUT2D eigenvalue weighted by Gasteiger charge is -2.31. The monoisotopic (exact) mass is 282 g/mol. The van der Waals surface area contributed by atoms with Gasteiger partial charge in [0.2, 0.25) is 5.91 Å². The highest BCUT2D eigenvalue weighted by atomic mass is 16.4. The molecular formula is C16H14N2O3. The molecule has 0 bridgehead atoms. The van der Waals surface area contributed by atoms with Crippen LogP contribution in [0.2, 0.25) is 0 Å². The normalized spacial score (nSPS) is 13.5. The summed E-state index contributed by atoms with van der Waals surface area (Å²) in [7, 11) is 0. The largest absolute Gasteiger partial charge is 0.478 e. The fourth-order valence-corrected chi connectivity index (χ4v) is 2.44. The van der Waals surface area contributed by atoms with Gasteiger partial charge in [-0.25, -0.2) is 4.79 Å². The minimum atomic E-state index is -1.01. The van der Waals surface area contributed by atoms with Gasteiger partial charge in [0, 0.05) is 6.54 Å². The first-order valence-electron chi connectivity index (χ1n) is 6.59. The number of benzene rings is 2. The number of carbonyl (C=O) groups excluding carboxylic acids is 1. The molecule has 5 nitrogen and oxygen atoms in total. The second kappa shape index (κ2) is 5.28. The fraction of sp³-hybridized carbons (Fsp3) is 0.125. The van der Waals surface area contributed by atoms with Crippen molar-refractivity contribution in [3.8, 4) is 0 Å². The van der Waals surface area contributed by atoms with E-state index in [-0.39, 0.29) is 18.0 Å². The highest BCUT2D eigenvalue weighted by Crippen LogP contribution is 2.31. The highest BCUT2D eigenvalue weighted by Gasteiger charge is 2.23. The van der Waals surface area contributed by atoms with E-state index in [1.807, 2.05) is 35.2 Å². The smallest absolute Gasteiger partial charge is 0.335 e. The van der Waals surface area contributed by atoms with E-state index in [0.29, 0.717) is 12.2 Å². The molecule has 0 aliphatic carbocycles. The number of carboxylic acid groups (broad SMARTS) is 1. The third-order valence-corrected chi connectivity index (χ3v) is 3.41. The van der Waals surface area contributed by atoms with Crippen molar-refractivity contribution in [1.29, 1.82) is 0 Å². The number of nitrogens with one attached hydrogen (secondary N) is 1. The molecule has 0 saturated carbocycles. The Kier molecular flexibility index (Phi) is 3.31. The maximum atomic E-state index is 11.8. The molecule has 2 aromatic rings. The van der Waals surface area contributed by atoms with E-state index in [4.69, 9.17) is 5.11 Å². The first kappa shape index (κ1) is 13.2. The number of fused-ring (bicyclic) bond motifs is 1. The molecule has 0 radical (unpaired) electrons. The minimum Gasteiger partial charge on any atom is -0.478 e. The van der Waals surface area contributed by atoms with Crippen molar-refractivity contribution in [2.45, 2.75) is 6.54 Å². The summed E-state index contributed by atoms with van der Waals surface area (Å²) in [5.41, 5.74) is 2.64. The van der Waals surface area contributed by atoms with E-state index in [9.17, 15) is 9.59 Å². The molecule has 2 N–H and O–H groups in total. The number of hydrogen-bond acceptors (Lipinski definition) is 3. The van der Waals surface area contributed by atoms with Gasteiger partial charge in [0.25, 0.3) is 0 Å². The third kappa shape index (κ3) is 2.72. The van der Waals surface area contributed by atoms with Crippen molar-refractivity contribution >= 4 is 23.3 Å². The van der Waals surface area contributed by atoms with Crippen LogP contribution in [0.5, 0.6) is 0 Å². The molecule has 2 aromatic carbocycles. The predicted octanol–water partition coefficient (Wildman–Crippen LogP) is 2.34. The number of aromatic carboxylic acids is 1. The zero-order valence-electron chi connectivity index (χ0n) is 11.2. The summed E-state index contributed by atoms with van der Waals surface area (Å²) in [6.07, 6.45) is 0. The molecule has 0 unspecified atom stereocenters. The van der Waals surface area contributed by atoms with Gasteiger partial charge >= 0.3 is 5.97 Å². The zero-order valence-corrected chi connectivity index (χ0v) is 11.2. The number of carboxylic acids is 1. The second-order valence-corrected chi connectivity index (χ2v) is 4.93. The van der Waals surface area contributed by atoms with Crippen LogP contribution in [0.4, 0.5) is 11.4 Å². The number of anilines is 2. The molecule has 5 heteroatoms. The molecule has 0 aromatic heterocycles. The molecular weight excluding hydrogens is 268 g/mol. The van der Waals surface area contributed by atoms with Crippen molar-refractivity contribution in [1.82, 2.24) is 0 Å². The fourth-order valence-electron chi connectivity index (χ4n) is 2.44. The molecule has 0 saturated heterocycles. The van der Waals surface area contributed by atoms with Crippen LogP contribution in [0.3, 0.4) is 0 Å². The molecule has 0 spiro atoms. The van der Waals surface area contributed by atoms with Crippen LogP contribution in [-0.2, 0) is 11.3 Å². The Bertz CT molecular complexity index is 698. The summed E-state index contributed by atoms with van der Waals surface area (Å²) in [5.74, 6) is -1.15. The van der Waals surface area contributed by atoms with Gasteiger partial charge in [0.15, 0.2) is 0 Å². The van der Waals surface area contributed by atoms with E-state index in [1.165, 1.54) is 6.07 Å². The Labute approximate surface area is 121 Å². The van der Waals surface area contributed by atoms with Crippen LogP contribution in [0.15, 0.2) is 48.5 Å². The van der Waals surface area contributed by atoms with Gasteiger partial charge in [-0.05, 0) is 23.8 Å². The molecule has 0 fully saturated rings. The molecule has 1 heterocycles. The molecule has 3 rings (SSSR count). The molecule has 1 aliphatic heterocycles. The number of nitrogens with zero attached hydrogens (tertiary/aromatic N) is 1. The number of hydrogen-bond donors (Lipinski definition) is 2. The number of amides is 1. The SMILES string of the molecule is O=C1CN(Cc2ccccc2)c2ccc(C(=O)O)cc2N1. The summed E-state index contributed by atoms with van der Waals surface area (Å²) < 4.78 is 0. The Morgan fingerprint density at radius 2 is 1.95 bits per heavy atom. The standard InChI is InChI=1S/C16H14N2O3/c19-15-10-18(9-11-4-2-1-3-5-11)14-7-6-12(16(20)21)8-13(14)17-15/h1-8H,9-10H2,(H,17,19)(H,20,21). The van der Waals surface area contributed by atoms with Crippen LogP contribution in [-0.4, -0.2) is 23.5 Å². The second-order valence-electron chi connectivity index (χ2n) is 4.93. The Morgan fingerprint density at radius 3 is 2.67 bits per heavy atom. The molecule has 106 valence electrons. The van der Waals surface area contributed by atoms with Crippen LogP contribution in [0.25, 0.3) is 0 Å². The van der Waals surface area contributed by atoms with E-state index in [2.05, 4.69) is 5.32 Å². The first-order chi connectivity index (χ1) is 10.1. The lowest BCUT2D eigenvalue weighted by molar-refractivity contribution is -0.115. The van der Waals surface area contributed by atoms with Gasteiger partial charge in [0.05, 0.1) is 23.5 Å². The average molecular weight is 282 g/mol. The number of rotatable bonds is 3. The maximum absolute atomic E-state index is 11.8. The Morgan fingerprint density at radius 1 is 1.19 bits per heavy atom. The quantitative estimate of drug-likeness (QED) is 0.906. The molecule has 0 atom stereocenters. The summed E-state index contributed by atoms with van der Waals surface area (Å²) in [6, 6.07) is 14.6. The van der Waals surface area contributed by atoms with E-state index < -0.39 is 5.97 Å². The van der Waals surface area contributed by atoms with E-state index in [0.717, 1.165) is 11.3 Å². The van der Waals surface area contributed by atoms with Gasteiger partial charge < -0.3 is 15.3 Å². The summed E-state index contributed by atoms with van der Waals surface area (Å²) in [5, 5.41) is 11.8. The van der Waals surface area contributed by atoms with Crippen molar-refractivity contribution < 1.29 is 14.7 Å². The van der Waals surface area contributed by atoms with Gasteiger partial charge in [-0.15, -0.1) is 0 Å². The van der Waals surface area contributed by atoms with Crippen LogP contribution in [0, 0.1) is 0 Å². The van der Waals surface area contributed by atoms with Gasteiger partial charge in [-0.2, -0.15) is 0 Å². The number of carbonyl (C=O) groups is 2. The zero-order chi connectivity index (χ0) is 14.8. The predicted molar refractivity (Wildman–Crippen MR) is 79.5 cm³/mol. The molecule has 1 aliphatic rings. The Hall–Kier alpha value is -2.82.